The first-order chi connectivity index (χ1) is 12.7. The molecule has 1 atom stereocenters. The highest BCUT2D eigenvalue weighted by Crippen LogP contribution is 2.34. The largest absolute Gasteiger partial charge is 0.454 e. The van der Waals surface area contributed by atoms with Gasteiger partial charge in [-0.1, -0.05) is 6.07 Å². The van der Waals surface area contributed by atoms with E-state index in [2.05, 4.69) is 33.3 Å². The van der Waals surface area contributed by atoms with E-state index in [4.69, 9.17) is 4.42 Å². The summed E-state index contributed by atoms with van der Waals surface area (Å²) in [7, 11) is 0. The fourth-order valence-corrected chi connectivity index (χ4v) is 3.67. The summed E-state index contributed by atoms with van der Waals surface area (Å²) in [6.07, 6.45) is 1.72. The number of hydrogen-bond acceptors (Lipinski definition) is 5. The van der Waals surface area contributed by atoms with Gasteiger partial charge in [0.05, 0.1) is 6.20 Å². The van der Waals surface area contributed by atoms with E-state index in [9.17, 15) is 4.79 Å². The maximum absolute atomic E-state index is 11.7. The van der Waals surface area contributed by atoms with Crippen molar-refractivity contribution >= 4 is 22.3 Å². The number of imidazole rings is 1. The number of piperazine rings is 1. The molecule has 1 unspecified atom stereocenters. The van der Waals surface area contributed by atoms with Crippen molar-refractivity contribution in [3.8, 4) is 11.5 Å². The van der Waals surface area contributed by atoms with Crippen molar-refractivity contribution in [3.63, 3.8) is 0 Å². The van der Waals surface area contributed by atoms with Crippen LogP contribution in [0.2, 0.25) is 0 Å². The van der Waals surface area contributed by atoms with Gasteiger partial charge < -0.3 is 14.6 Å². The highest BCUT2D eigenvalue weighted by atomic mass is 16.3. The zero-order valence-corrected chi connectivity index (χ0v) is 14.4. The lowest BCUT2D eigenvalue weighted by Gasteiger charge is -2.33. The predicted octanol–water partition coefficient (Wildman–Crippen LogP) is 2.23. The molecule has 132 valence electrons. The average Bonchev–Trinajstić information content (AvgIpc) is 3.24. The molecule has 0 spiro atoms. The second-order valence-corrected chi connectivity index (χ2v) is 6.75. The number of nitrogens with one attached hydrogen (secondary N) is 2. The minimum absolute atomic E-state index is 0.177. The number of nitrogens with zero attached hydrogens (tertiary/aromatic N) is 3. The number of aromatic amines is 1. The third-order valence-corrected chi connectivity index (χ3v) is 4.90. The first-order valence-electron chi connectivity index (χ1n) is 8.77. The van der Waals surface area contributed by atoms with Gasteiger partial charge in [-0.3, -0.25) is 9.89 Å². The van der Waals surface area contributed by atoms with Gasteiger partial charge in [-0.05, 0) is 31.2 Å². The van der Waals surface area contributed by atoms with Gasteiger partial charge in [-0.2, -0.15) is 0 Å². The number of hydrogen-bond donors (Lipinski definition) is 2. The first kappa shape index (κ1) is 15.2. The van der Waals surface area contributed by atoms with Crippen LogP contribution in [0.3, 0.4) is 0 Å². The van der Waals surface area contributed by atoms with Crippen LogP contribution in [0, 0.1) is 0 Å². The lowest BCUT2D eigenvalue weighted by molar-refractivity contribution is 0.485. The molecule has 4 aromatic rings. The van der Waals surface area contributed by atoms with Gasteiger partial charge in [-0.25, -0.2) is 9.50 Å². The molecule has 5 rings (SSSR count). The minimum atomic E-state index is -0.177. The van der Waals surface area contributed by atoms with Gasteiger partial charge in [0.2, 0.25) is 0 Å². The van der Waals surface area contributed by atoms with E-state index in [-0.39, 0.29) is 5.56 Å². The molecule has 7 heteroatoms. The highest BCUT2D eigenvalue weighted by molar-refractivity contribution is 5.94. The molecule has 1 aliphatic heterocycles. The molecule has 1 aliphatic rings. The number of H-pyrrole nitrogens is 1. The second-order valence-electron chi connectivity index (χ2n) is 6.75. The van der Waals surface area contributed by atoms with E-state index in [1.807, 2.05) is 18.2 Å². The number of fused-ring (bicyclic) bond motifs is 2. The molecular formula is C19H19N5O2. The molecule has 7 nitrogen and oxygen atoms in total. The Bertz CT molecular complexity index is 1160. The number of anilines is 1. The molecule has 4 heterocycles. The fraction of sp³-hybridized carbons (Fsp3) is 0.263. The number of benzene rings is 1. The zero-order chi connectivity index (χ0) is 17.7. The summed E-state index contributed by atoms with van der Waals surface area (Å²) in [5, 5.41) is 7.33. The zero-order valence-electron chi connectivity index (χ0n) is 14.4. The third-order valence-electron chi connectivity index (χ3n) is 4.90. The number of furan rings is 1. The molecule has 2 N–H and O–H groups in total. The Morgan fingerprint density at radius 2 is 2.19 bits per heavy atom. The Morgan fingerprint density at radius 3 is 3.08 bits per heavy atom. The molecule has 0 bridgehead atoms. The Kier molecular flexibility index (Phi) is 3.36. The lowest BCUT2D eigenvalue weighted by atomic mass is 10.1. The van der Waals surface area contributed by atoms with Gasteiger partial charge in [0.15, 0.2) is 11.4 Å². The molecule has 0 radical (unpaired) electrons. The Hall–Kier alpha value is -3.06. The van der Waals surface area contributed by atoms with Crippen molar-refractivity contribution in [2.24, 2.45) is 0 Å². The van der Waals surface area contributed by atoms with Gasteiger partial charge in [0, 0.05) is 42.8 Å². The molecule has 0 amide bonds. The summed E-state index contributed by atoms with van der Waals surface area (Å²) in [5.74, 6) is 0.685. The number of rotatable bonds is 2. The fourth-order valence-electron chi connectivity index (χ4n) is 3.67. The number of aromatic nitrogens is 3. The third kappa shape index (κ3) is 2.40. The first-order valence-corrected chi connectivity index (χ1v) is 8.77. The SMILES string of the molecule is CC1CN(c2cccc3oc(-c4cnc5ccc(=O)[nH]n45)cc23)CCN1. The monoisotopic (exact) mass is 349 g/mol. The molecule has 3 aromatic heterocycles. The Balaban J connectivity index is 1.65. The quantitative estimate of drug-likeness (QED) is 0.580. The van der Waals surface area contributed by atoms with Crippen LogP contribution in [-0.4, -0.2) is 40.3 Å². The summed E-state index contributed by atoms with van der Waals surface area (Å²) in [6.45, 7) is 5.09. The smallest absolute Gasteiger partial charge is 0.263 e. The van der Waals surface area contributed by atoms with Crippen molar-refractivity contribution in [2.75, 3.05) is 24.5 Å². The van der Waals surface area contributed by atoms with Crippen LogP contribution < -0.4 is 15.8 Å². The standard InChI is InChI=1S/C19H19N5O2/c1-12-11-23(8-7-20-12)14-3-2-4-16-13(14)9-17(26-16)15-10-21-18-5-6-19(25)22-24(15)18/h2-6,9-10,12,20H,7-8,11H2,1H3,(H,22,25). The van der Waals surface area contributed by atoms with Crippen LogP contribution in [0.4, 0.5) is 5.69 Å². The van der Waals surface area contributed by atoms with Crippen LogP contribution in [0.25, 0.3) is 28.1 Å². The maximum Gasteiger partial charge on any atom is 0.263 e. The summed E-state index contributed by atoms with van der Waals surface area (Å²) in [6, 6.07) is 11.8. The van der Waals surface area contributed by atoms with Gasteiger partial charge in [0.25, 0.3) is 5.56 Å². The van der Waals surface area contributed by atoms with Gasteiger partial charge >= 0.3 is 0 Å². The van der Waals surface area contributed by atoms with Crippen LogP contribution in [0.5, 0.6) is 0 Å². The summed E-state index contributed by atoms with van der Waals surface area (Å²) < 4.78 is 7.75. The molecular weight excluding hydrogens is 330 g/mol. The predicted molar refractivity (Wildman–Crippen MR) is 101 cm³/mol. The van der Waals surface area contributed by atoms with Crippen molar-refractivity contribution in [2.45, 2.75) is 13.0 Å². The molecule has 1 fully saturated rings. The Morgan fingerprint density at radius 1 is 1.27 bits per heavy atom. The van der Waals surface area contributed by atoms with E-state index in [0.29, 0.717) is 17.4 Å². The molecule has 1 saturated heterocycles. The molecule has 26 heavy (non-hydrogen) atoms. The summed E-state index contributed by atoms with van der Waals surface area (Å²) in [5.41, 5.74) is 3.23. The van der Waals surface area contributed by atoms with E-state index in [0.717, 1.165) is 36.3 Å². The summed E-state index contributed by atoms with van der Waals surface area (Å²) >= 11 is 0. The highest BCUT2D eigenvalue weighted by Gasteiger charge is 2.20. The second kappa shape index (κ2) is 5.74. The molecule has 0 saturated carbocycles. The molecule has 0 aliphatic carbocycles. The van der Waals surface area contributed by atoms with Crippen molar-refractivity contribution in [3.05, 3.63) is 52.9 Å². The topological polar surface area (TPSA) is 78.6 Å². The minimum Gasteiger partial charge on any atom is -0.454 e. The average molecular weight is 349 g/mol. The van der Waals surface area contributed by atoms with Gasteiger partial charge in [-0.15, -0.1) is 0 Å². The normalized spacial score (nSPS) is 18.0. The van der Waals surface area contributed by atoms with Crippen LogP contribution in [-0.2, 0) is 0 Å². The van der Waals surface area contributed by atoms with Crippen LogP contribution in [0.1, 0.15) is 6.92 Å². The lowest BCUT2D eigenvalue weighted by Crippen LogP contribution is -2.49. The van der Waals surface area contributed by atoms with Crippen LogP contribution in [0.15, 0.2) is 51.8 Å². The maximum atomic E-state index is 11.7. The van der Waals surface area contributed by atoms with Crippen LogP contribution >= 0.6 is 0 Å². The van der Waals surface area contributed by atoms with E-state index in [1.54, 1.807) is 16.8 Å². The summed E-state index contributed by atoms with van der Waals surface area (Å²) in [4.78, 5) is 18.4. The van der Waals surface area contributed by atoms with E-state index in [1.165, 1.54) is 11.8 Å². The van der Waals surface area contributed by atoms with Gasteiger partial charge in [0.1, 0.15) is 11.3 Å². The van der Waals surface area contributed by atoms with Crippen molar-refractivity contribution in [1.29, 1.82) is 0 Å². The van der Waals surface area contributed by atoms with E-state index >= 15 is 0 Å². The van der Waals surface area contributed by atoms with E-state index < -0.39 is 0 Å². The Labute approximate surface area is 149 Å². The van der Waals surface area contributed by atoms with Crippen molar-refractivity contribution < 1.29 is 4.42 Å². The molecule has 1 aromatic carbocycles. The van der Waals surface area contributed by atoms with Crippen molar-refractivity contribution in [1.82, 2.24) is 19.9 Å².